The molecule has 0 spiro atoms. The number of allylic oxidation sites excluding steroid dienone is 3. The molecule has 0 aliphatic heterocycles. The quantitative estimate of drug-likeness (QED) is 0.265. The molecule has 37 heavy (non-hydrogen) atoms. The van der Waals surface area contributed by atoms with E-state index in [4.69, 9.17) is 0 Å². The smallest absolute Gasteiger partial charge is 0.139 e. The third-order valence-electron chi connectivity index (χ3n) is 10.9. The molecule has 4 saturated carbocycles. The topological polar surface area (TPSA) is 77.8 Å². The summed E-state index contributed by atoms with van der Waals surface area (Å²) < 4.78 is 0. The van der Waals surface area contributed by atoms with Gasteiger partial charge in [-0.1, -0.05) is 57.9 Å². The molecular formula is C33H52O4. The number of ketones is 1. The predicted octanol–water partition coefficient (Wildman–Crippen LogP) is 6.83. The van der Waals surface area contributed by atoms with Crippen molar-refractivity contribution >= 4 is 5.78 Å². The van der Waals surface area contributed by atoms with E-state index in [1.807, 2.05) is 0 Å². The zero-order valence-corrected chi connectivity index (χ0v) is 23.7. The van der Waals surface area contributed by atoms with E-state index in [9.17, 15) is 20.1 Å². The first-order valence-corrected chi connectivity index (χ1v) is 15.3. The number of fused-ring (bicyclic) bond motifs is 1. The summed E-state index contributed by atoms with van der Waals surface area (Å²) in [7, 11) is 0. The fraction of sp³-hybridized carbons (Fsp3) is 0.788. The van der Waals surface area contributed by atoms with E-state index in [1.165, 1.54) is 24.8 Å². The third kappa shape index (κ3) is 6.17. The van der Waals surface area contributed by atoms with Crippen LogP contribution < -0.4 is 0 Å². The second kappa shape index (κ2) is 11.9. The Hall–Kier alpha value is -1.23. The van der Waals surface area contributed by atoms with Crippen molar-refractivity contribution in [1.82, 2.24) is 0 Å². The number of hydrogen-bond acceptors (Lipinski definition) is 4. The van der Waals surface area contributed by atoms with E-state index < -0.39 is 12.2 Å². The van der Waals surface area contributed by atoms with Gasteiger partial charge in [-0.25, -0.2) is 0 Å². The average Bonchev–Trinajstić information content (AvgIpc) is 3.58. The van der Waals surface area contributed by atoms with E-state index in [0.717, 1.165) is 75.4 Å². The van der Waals surface area contributed by atoms with Crippen LogP contribution in [0.1, 0.15) is 117 Å². The molecule has 4 fully saturated rings. The van der Waals surface area contributed by atoms with Gasteiger partial charge in [0.05, 0.1) is 18.3 Å². The van der Waals surface area contributed by atoms with Crippen LogP contribution in [0.3, 0.4) is 0 Å². The van der Waals surface area contributed by atoms with E-state index in [2.05, 4.69) is 39.5 Å². The van der Waals surface area contributed by atoms with Crippen molar-refractivity contribution < 1.29 is 20.1 Å². The fourth-order valence-corrected chi connectivity index (χ4v) is 8.18. The molecule has 0 bridgehead atoms. The lowest BCUT2D eigenvalue weighted by atomic mass is 9.60. The lowest BCUT2D eigenvalue weighted by Crippen LogP contribution is -2.39. The molecule has 3 unspecified atom stereocenters. The van der Waals surface area contributed by atoms with E-state index >= 15 is 0 Å². The largest absolute Gasteiger partial charge is 0.393 e. The Bertz CT molecular complexity index is 896. The van der Waals surface area contributed by atoms with Crippen molar-refractivity contribution in [3.05, 3.63) is 35.5 Å². The van der Waals surface area contributed by atoms with Crippen LogP contribution in [-0.2, 0) is 4.79 Å². The Morgan fingerprint density at radius 2 is 1.92 bits per heavy atom. The molecule has 4 aliphatic rings. The van der Waals surface area contributed by atoms with Crippen LogP contribution in [0.5, 0.6) is 0 Å². The Balaban J connectivity index is 1.38. The molecule has 3 N–H and O–H groups in total. The number of carbonyl (C=O) groups excluding carboxylic acids is 1. The first-order valence-electron chi connectivity index (χ1n) is 15.3. The zero-order chi connectivity index (χ0) is 26.8. The van der Waals surface area contributed by atoms with Gasteiger partial charge < -0.3 is 15.3 Å². The highest BCUT2D eigenvalue weighted by molar-refractivity contribution is 5.87. The fourth-order valence-electron chi connectivity index (χ4n) is 8.18. The number of hydrogen-bond donors (Lipinski definition) is 3. The molecule has 208 valence electrons. The van der Waals surface area contributed by atoms with Crippen molar-refractivity contribution in [3.8, 4) is 0 Å². The summed E-state index contributed by atoms with van der Waals surface area (Å²) in [4.78, 5) is 12.8. The van der Waals surface area contributed by atoms with Crippen LogP contribution in [0.25, 0.3) is 0 Å². The average molecular weight is 513 g/mol. The molecule has 4 aliphatic carbocycles. The van der Waals surface area contributed by atoms with Crippen molar-refractivity contribution in [1.29, 1.82) is 0 Å². The number of carbonyl (C=O) groups is 1. The number of aliphatic hydroxyl groups excluding tert-OH is 3. The Labute approximate surface area is 225 Å². The minimum absolute atomic E-state index is 0.116. The highest BCUT2D eigenvalue weighted by atomic mass is 16.3. The van der Waals surface area contributed by atoms with Gasteiger partial charge in [-0.05, 0) is 105 Å². The molecule has 4 rings (SSSR count). The molecule has 0 aromatic rings. The van der Waals surface area contributed by atoms with E-state index in [0.29, 0.717) is 30.5 Å². The standard InChI is InChI=1S/C33H52O4/c1-5-6-7-10-31(37)33(18-19-33)17-15-29(35)23(3)27-13-14-28-24(9-8-16-32(27,28)4)11-12-25-20-26(34)21-30(36)22(25)2/h11-12,23,26-30,34-36H,2,5-10,13-21H2,1,3-4H3/t23-,26?,27+,28-,29?,30?,32+/m0/s1. The normalized spacial score (nSPS) is 37.0. The number of Topliss-reactive ketones (excluding diaryl/α,β-unsaturated/α-hetero) is 1. The van der Waals surface area contributed by atoms with Gasteiger partial charge in [0.1, 0.15) is 5.78 Å². The van der Waals surface area contributed by atoms with Gasteiger partial charge >= 0.3 is 0 Å². The van der Waals surface area contributed by atoms with Gasteiger partial charge in [-0.3, -0.25) is 4.79 Å². The predicted molar refractivity (Wildman–Crippen MR) is 150 cm³/mol. The summed E-state index contributed by atoms with van der Waals surface area (Å²) in [6.45, 7) is 10.9. The Morgan fingerprint density at radius 1 is 1.16 bits per heavy atom. The molecule has 0 aromatic carbocycles. The van der Waals surface area contributed by atoms with Crippen molar-refractivity contribution in [2.75, 3.05) is 0 Å². The lowest BCUT2D eigenvalue weighted by Gasteiger charge is -2.45. The zero-order valence-electron chi connectivity index (χ0n) is 23.7. The SMILES string of the molecule is C=C1C(=CC=C2CCC[C@]3(C)[C@@H]([C@H](C)C(O)CCC4(C(=O)CCCCC)CC4)CC[C@@H]23)CC(O)CC1O. The third-order valence-corrected chi connectivity index (χ3v) is 10.9. The molecule has 0 heterocycles. The summed E-state index contributed by atoms with van der Waals surface area (Å²) in [6.07, 6.45) is 17.3. The summed E-state index contributed by atoms with van der Waals surface area (Å²) in [5.74, 6) is 1.71. The van der Waals surface area contributed by atoms with E-state index in [1.54, 1.807) is 0 Å². The molecule has 0 radical (unpaired) electrons. The van der Waals surface area contributed by atoms with Gasteiger partial charge in [0, 0.05) is 18.3 Å². The minimum Gasteiger partial charge on any atom is -0.393 e. The number of unbranched alkanes of at least 4 members (excludes halogenated alkanes) is 2. The van der Waals surface area contributed by atoms with Crippen LogP contribution in [0.4, 0.5) is 0 Å². The monoisotopic (exact) mass is 512 g/mol. The molecule has 0 saturated heterocycles. The van der Waals surface area contributed by atoms with Gasteiger partial charge in [-0.15, -0.1) is 0 Å². The molecule has 4 nitrogen and oxygen atoms in total. The maximum atomic E-state index is 12.8. The molecule has 7 atom stereocenters. The summed E-state index contributed by atoms with van der Waals surface area (Å²) in [5.41, 5.74) is 3.29. The maximum Gasteiger partial charge on any atom is 0.139 e. The van der Waals surface area contributed by atoms with Gasteiger partial charge in [0.15, 0.2) is 0 Å². The van der Waals surface area contributed by atoms with Crippen molar-refractivity contribution in [2.24, 2.45) is 28.6 Å². The van der Waals surface area contributed by atoms with Crippen LogP contribution in [0.2, 0.25) is 0 Å². The first kappa shape index (κ1) is 28.8. The summed E-state index contributed by atoms with van der Waals surface area (Å²) in [5, 5.41) is 31.6. The van der Waals surface area contributed by atoms with Crippen molar-refractivity contribution in [3.63, 3.8) is 0 Å². The molecule has 0 amide bonds. The maximum absolute atomic E-state index is 12.8. The Morgan fingerprint density at radius 3 is 2.62 bits per heavy atom. The summed E-state index contributed by atoms with van der Waals surface area (Å²) >= 11 is 0. The Kier molecular flexibility index (Phi) is 9.24. The lowest BCUT2D eigenvalue weighted by molar-refractivity contribution is -0.124. The highest BCUT2D eigenvalue weighted by Crippen LogP contribution is 2.60. The first-order chi connectivity index (χ1) is 17.6. The number of rotatable bonds is 11. The summed E-state index contributed by atoms with van der Waals surface area (Å²) in [6, 6.07) is 0. The van der Waals surface area contributed by atoms with Gasteiger partial charge in [0.25, 0.3) is 0 Å². The minimum atomic E-state index is -0.648. The highest BCUT2D eigenvalue weighted by Gasteiger charge is 2.52. The van der Waals surface area contributed by atoms with Gasteiger partial charge in [0.2, 0.25) is 0 Å². The van der Waals surface area contributed by atoms with Crippen LogP contribution in [0, 0.1) is 28.6 Å². The van der Waals surface area contributed by atoms with E-state index in [-0.39, 0.29) is 22.9 Å². The molecule has 4 heteroatoms. The van der Waals surface area contributed by atoms with Crippen LogP contribution >= 0.6 is 0 Å². The molecular weight excluding hydrogens is 460 g/mol. The number of aliphatic hydroxyl groups is 3. The van der Waals surface area contributed by atoms with Gasteiger partial charge in [-0.2, -0.15) is 0 Å². The molecule has 0 aromatic heterocycles. The second-order valence-electron chi connectivity index (χ2n) is 13.3. The second-order valence-corrected chi connectivity index (χ2v) is 13.3. The van der Waals surface area contributed by atoms with Crippen LogP contribution in [0.15, 0.2) is 35.5 Å². The van der Waals surface area contributed by atoms with Crippen LogP contribution in [-0.4, -0.2) is 39.4 Å². The van der Waals surface area contributed by atoms with Crippen molar-refractivity contribution in [2.45, 2.75) is 135 Å².